The summed E-state index contributed by atoms with van der Waals surface area (Å²) in [6.07, 6.45) is 1.77. The van der Waals surface area contributed by atoms with Crippen LogP contribution >= 0.6 is 0 Å². The molecule has 39 heavy (non-hydrogen) atoms. The van der Waals surface area contributed by atoms with Gasteiger partial charge in [0.05, 0.1) is 22.8 Å². The number of hydrazone groups is 1. The molecule has 5 rings (SSSR count). The number of amides is 1. The average molecular weight is 520 g/mol. The van der Waals surface area contributed by atoms with Crippen LogP contribution in [0, 0.1) is 10.1 Å². The SMILES string of the molecule is CCOc1cc(C=C2C(=O)N(c3ccc([N+](=O)[O-])cc3)N=C2c2ccccc2)ccc1OCc1ccccc1. The second kappa shape index (κ2) is 11.4. The molecule has 1 amide bonds. The van der Waals surface area contributed by atoms with E-state index in [1.54, 1.807) is 6.08 Å². The molecule has 194 valence electrons. The van der Waals surface area contributed by atoms with Crippen LogP contribution in [0.25, 0.3) is 6.08 Å². The van der Waals surface area contributed by atoms with Crippen LogP contribution in [0.5, 0.6) is 11.5 Å². The van der Waals surface area contributed by atoms with Gasteiger partial charge in [-0.1, -0.05) is 66.7 Å². The first-order valence-corrected chi connectivity index (χ1v) is 12.4. The first-order chi connectivity index (χ1) is 19.0. The maximum absolute atomic E-state index is 13.6. The van der Waals surface area contributed by atoms with Gasteiger partial charge in [0.2, 0.25) is 0 Å². The molecule has 8 nitrogen and oxygen atoms in total. The van der Waals surface area contributed by atoms with Crippen molar-refractivity contribution < 1.29 is 19.2 Å². The molecule has 0 bridgehead atoms. The molecule has 1 aliphatic heterocycles. The van der Waals surface area contributed by atoms with E-state index in [1.165, 1.54) is 29.3 Å². The number of anilines is 1. The van der Waals surface area contributed by atoms with Gasteiger partial charge in [-0.05, 0) is 48.4 Å². The number of rotatable bonds is 9. The predicted molar refractivity (Wildman–Crippen MR) is 150 cm³/mol. The highest BCUT2D eigenvalue weighted by Crippen LogP contribution is 2.33. The van der Waals surface area contributed by atoms with Crippen LogP contribution < -0.4 is 14.5 Å². The van der Waals surface area contributed by atoms with Crippen LogP contribution in [0.4, 0.5) is 11.4 Å². The van der Waals surface area contributed by atoms with E-state index in [9.17, 15) is 14.9 Å². The molecule has 0 N–H and O–H groups in total. The normalized spacial score (nSPS) is 13.9. The van der Waals surface area contributed by atoms with Crippen molar-refractivity contribution in [3.05, 3.63) is 136 Å². The van der Waals surface area contributed by atoms with Crippen LogP contribution in [0.3, 0.4) is 0 Å². The van der Waals surface area contributed by atoms with Gasteiger partial charge in [0.25, 0.3) is 11.6 Å². The van der Waals surface area contributed by atoms with E-state index in [1.807, 2.05) is 85.8 Å². The van der Waals surface area contributed by atoms with Crippen molar-refractivity contribution in [3.8, 4) is 11.5 Å². The smallest absolute Gasteiger partial charge is 0.281 e. The van der Waals surface area contributed by atoms with Gasteiger partial charge >= 0.3 is 0 Å². The second-order valence-electron chi connectivity index (χ2n) is 8.68. The van der Waals surface area contributed by atoms with E-state index >= 15 is 0 Å². The molecule has 0 saturated carbocycles. The van der Waals surface area contributed by atoms with Crippen LogP contribution in [0.15, 0.2) is 114 Å². The zero-order valence-corrected chi connectivity index (χ0v) is 21.2. The summed E-state index contributed by atoms with van der Waals surface area (Å²) >= 11 is 0. The Hall–Kier alpha value is -5.24. The first kappa shape index (κ1) is 25.4. The summed E-state index contributed by atoms with van der Waals surface area (Å²) in [6, 6.07) is 30.5. The Morgan fingerprint density at radius 3 is 2.23 bits per heavy atom. The average Bonchev–Trinajstić information content (AvgIpc) is 3.29. The fourth-order valence-electron chi connectivity index (χ4n) is 4.15. The summed E-state index contributed by atoms with van der Waals surface area (Å²) in [5, 5.41) is 16.9. The van der Waals surface area contributed by atoms with Gasteiger partial charge in [0, 0.05) is 17.7 Å². The summed E-state index contributed by atoms with van der Waals surface area (Å²) in [6.45, 7) is 2.75. The molecule has 0 atom stereocenters. The van der Waals surface area contributed by atoms with Crippen LogP contribution in [-0.2, 0) is 11.4 Å². The van der Waals surface area contributed by atoms with Crippen LogP contribution in [0.2, 0.25) is 0 Å². The molecule has 0 spiro atoms. The third-order valence-corrected chi connectivity index (χ3v) is 6.05. The Labute approximate surface area is 225 Å². The number of hydrogen-bond donors (Lipinski definition) is 0. The van der Waals surface area contributed by atoms with Crippen molar-refractivity contribution in [2.24, 2.45) is 5.10 Å². The number of hydrogen-bond acceptors (Lipinski definition) is 6. The van der Waals surface area contributed by atoms with Gasteiger partial charge in [0.1, 0.15) is 12.3 Å². The van der Waals surface area contributed by atoms with E-state index in [-0.39, 0.29) is 11.6 Å². The number of nitro groups is 1. The maximum Gasteiger partial charge on any atom is 0.281 e. The number of carbonyl (C=O) groups excluding carboxylic acids is 1. The fraction of sp³-hybridized carbons (Fsp3) is 0.0968. The van der Waals surface area contributed by atoms with Gasteiger partial charge in [-0.2, -0.15) is 10.1 Å². The molecule has 1 heterocycles. The zero-order valence-electron chi connectivity index (χ0n) is 21.2. The standard InChI is InChI=1S/C31H25N3O5/c1-2-38-29-20-23(13-18-28(29)39-21-22-9-5-3-6-10-22)19-27-30(24-11-7-4-8-12-24)32-33(31(27)35)25-14-16-26(17-15-25)34(36)37/h3-20H,2,21H2,1H3. The lowest BCUT2D eigenvalue weighted by Gasteiger charge is -2.13. The topological polar surface area (TPSA) is 94.3 Å². The summed E-state index contributed by atoms with van der Waals surface area (Å²) in [5.41, 5.74) is 3.81. The monoisotopic (exact) mass is 519 g/mol. The highest BCUT2D eigenvalue weighted by molar-refractivity contribution is 6.37. The molecular weight excluding hydrogens is 494 g/mol. The minimum Gasteiger partial charge on any atom is -0.490 e. The van der Waals surface area contributed by atoms with E-state index in [2.05, 4.69) is 5.10 Å². The minimum absolute atomic E-state index is 0.0635. The predicted octanol–water partition coefficient (Wildman–Crippen LogP) is 6.41. The summed E-state index contributed by atoms with van der Waals surface area (Å²) in [4.78, 5) is 24.2. The van der Waals surface area contributed by atoms with Crippen molar-refractivity contribution in [1.29, 1.82) is 0 Å². The molecule has 0 aromatic heterocycles. The lowest BCUT2D eigenvalue weighted by molar-refractivity contribution is -0.384. The van der Waals surface area contributed by atoms with E-state index < -0.39 is 4.92 Å². The molecule has 0 saturated heterocycles. The first-order valence-electron chi connectivity index (χ1n) is 12.4. The van der Waals surface area contributed by atoms with Crippen molar-refractivity contribution in [2.45, 2.75) is 13.5 Å². The molecular formula is C31H25N3O5. The third-order valence-electron chi connectivity index (χ3n) is 6.05. The van der Waals surface area contributed by atoms with E-state index in [0.29, 0.717) is 41.7 Å². The van der Waals surface area contributed by atoms with Crippen molar-refractivity contribution >= 4 is 29.1 Å². The van der Waals surface area contributed by atoms with Crippen molar-refractivity contribution in [1.82, 2.24) is 0 Å². The molecule has 0 aliphatic carbocycles. The molecule has 0 radical (unpaired) electrons. The molecule has 0 unspecified atom stereocenters. The molecule has 4 aromatic rings. The molecule has 4 aromatic carbocycles. The van der Waals surface area contributed by atoms with Crippen molar-refractivity contribution in [3.63, 3.8) is 0 Å². The maximum atomic E-state index is 13.6. The van der Waals surface area contributed by atoms with Gasteiger partial charge in [-0.25, -0.2) is 0 Å². The molecule has 8 heteroatoms. The fourth-order valence-corrected chi connectivity index (χ4v) is 4.15. The quantitative estimate of drug-likeness (QED) is 0.145. The Bertz CT molecular complexity index is 1550. The number of non-ortho nitro benzene ring substituents is 1. The van der Waals surface area contributed by atoms with Crippen LogP contribution in [0.1, 0.15) is 23.6 Å². The molecule has 0 fully saturated rings. The lowest BCUT2D eigenvalue weighted by atomic mass is 10.00. The Balaban J connectivity index is 1.49. The largest absolute Gasteiger partial charge is 0.490 e. The third kappa shape index (κ3) is 5.70. The highest BCUT2D eigenvalue weighted by Gasteiger charge is 2.32. The van der Waals surface area contributed by atoms with Gasteiger partial charge in [-0.3, -0.25) is 14.9 Å². The minimum atomic E-state index is -0.483. The number of nitro benzene ring substituents is 1. The Morgan fingerprint density at radius 2 is 1.56 bits per heavy atom. The summed E-state index contributed by atoms with van der Waals surface area (Å²) in [7, 11) is 0. The second-order valence-corrected chi connectivity index (χ2v) is 8.68. The van der Waals surface area contributed by atoms with Crippen LogP contribution in [-0.4, -0.2) is 23.1 Å². The van der Waals surface area contributed by atoms with Gasteiger partial charge in [0.15, 0.2) is 11.5 Å². The number of benzene rings is 4. The lowest BCUT2D eigenvalue weighted by Crippen LogP contribution is -2.21. The summed E-state index contributed by atoms with van der Waals surface area (Å²) < 4.78 is 11.9. The molecule has 1 aliphatic rings. The summed E-state index contributed by atoms with van der Waals surface area (Å²) in [5.74, 6) is 0.828. The number of ether oxygens (including phenoxy) is 2. The zero-order chi connectivity index (χ0) is 27.2. The van der Waals surface area contributed by atoms with Gasteiger partial charge in [-0.15, -0.1) is 0 Å². The van der Waals surface area contributed by atoms with E-state index in [4.69, 9.17) is 9.47 Å². The number of carbonyl (C=O) groups is 1. The van der Waals surface area contributed by atoms with Gasteiger partial charge < -0.3 is 9.47 Å². The highest BCUT2D eigenvalue weighted by atomic mass is 16.6. The number of nitrogens with zero attached hydrogens (tertiary/aromatic N) is 3. The van der Waals surface area contributed by atoms with E-state index in [0.717, 1.165) is 16.7 Å². The Kier molecular flexibility index (Phi) is 7.45. The Morgan fingerprint density at radius 1 is 0.872 bits per heavy atom. The van der Waals surface area contributed by atoms with Crippen molar-refractivity contribution in [2.75, 3.05) is 11.6 Å².